The highest BCUT2D eigenvalue weighted by Gasteiger charge is 2.17. The van der Waals surface area contributed by atoms with Crippen LogP contribution in [0.5, 0.6) is 0 Å². The van der Waals surface area contributed by atoms with Crippen LogP contribution in [0.1, 0.15) is 6.92 Å². The Morgan fingerprint density at radius 2 is 1.71 bits per heavy atom. The number of nitrogens with zero attached hydrogens (tertiary/aromatic N) is 5. The number of para-hydroxylation sites is 3. The van der Waals surface area contributed by atoms with Gasteiger partial charge in [0.2, 0.25) is 5.43 Å². The molecule has 0 aliphatic carbocycles. The van der Waals surface area contributed by atoms with E-state index < -0.39 is 0 Å². The van der Waals surface area contributed by atoms with Crippen LogP contribution in [-0.2, 0) is 6.54 Å². The second-order valence-corrected chi connectivity index (χ2v) is 5.71. The molecule has 5 rings (SSSR count). The molecule has 3 heterocycles. The third kappa shape index (κ3) is 1.54. The minimum absolute atomic E-state index is 0.0551. The van der Waals surface area contributed by atoms with Crippen molar-refractivity contribution in [2.45, 2.75) is 13.5 Å². The Hall–Kier alpha value is -3.28. The van der Waals surface area contributed by atoms with Gasteiger partial charge in [-0.15, -0.1) is 5.10 Å². The summed E-state index contributed by atoms with van der Waals surface area (Å²) >= 11 is 0. The van der Waals surface area contributed by atoms with Crippen LogP contribution in [0.3, 0.4) is 0 Å². The topological polar surface area (TPSA) is 65.1 Å². The summed E-state index contributed by atoms with van der Waals surface area (Å²) in [5, 5.41) is 9.84. The second-order valence-electron chi connectivity index (χ2n) is 5.71. The van der Waals surface area contributed by atoms with Gasteiger partial charge in [0.15, 0.2) is 11.3 Å². The summed E-state index contributed by atoms with van der Waals surface area (Å²) in [5.41, 5.74) is 3.59. The van der Waals surface area contributed by atoms with E-state index >= 15 is 0 Å². The fourth-order valence-corrected chi connectivity index (χ4v) is 3.36. The normalized spacial score (nSPS) is 11.9. The monoisotopic (exact) mass is 315 g/mol. The first kappa shape index (κ1) is 13.2. The summed E-state index contributed by atoms with van der Waals surface area (Å²) < 4.78 is 3.66. The van der Waals surface area contributed by atoms with Gasteiger partial charge in [0.05, 0.1) is 16.6 Å². The molecule has 2 aromatic carbocycles. The fourth-order valence-electron chi connectivity index (χ4n) is 3.36. The molecule has 0 unspecified atom stereocenters. The standard InChI is InChI=1S/C18H13N5O/c1-2-22-13-9-5-3-7-11(13)16(24)15-17-19-12-8-4-6-10-14(12)23(17)21-20-18(15)22/h3-10H,2H2,1H3. The van der Waals surface area contributed by atoms with Gasteiger partial charge in [0, 0.05) is 11.9 Å². The van der Waals surface area contributed by atoms with E-state index in [1.54, 1.807) is 4.52 Å². The van der Waals surface area contributed by atoms with E-state index in [2.05, 4.69) is 15.3 Å². The molecule has 5 aromatic rings. The van der Waals surface area contributed by atoms with Crippen molar-refractivity contribution in [3.63, 3.8) is 0 Å². The minimum atomic E-state index is -0.0551. The Bertz CT molecular complexity index is 1320. The zero-order valence-electron chi connectivity index (χ0n) is 13.0. The maximum absolute atomic E-state index is 13.1. The first-order chi connectivity index (χ1) is 11.8. The largest absolute Gasteiger partial charge is 0.324 e. The molecule has 116 valence electrons. The maximum Gasteiger partial charge on any atom is 0.202 e. The first-order valence-electron chi connectivity index (χ1n) is 7.85. The van der Waals surface area contributed by atoms with Crippen molar-refractivity contribution >= 4 is 38.6 Å². The molecule has 0 aliphatic rings. The second kappa shape index (κ2) is 4.61. The van der Waals surface area contributed by atoms with Crippen LogP contribution in [0.15, 0.2) is 53.3 Å². The van der Waals surface area contributed by atoms with Crippen LogP contribution in [0.4, 0.5) is 0 Å². The predicted octanol–water partition coefficient (Wildman–Crippen LogP) is 2.77. The van der Waals surface area contributed by atoms with Gasteiger partial charge in [0.1, 0.15) is 5.39 Å². The highest BCUT2D eigenvalue weighted by atomic mass is 16.1. The van der Waals surface area contributed by atoms with Crippen molar-refractivity contribution in [2.75, 3.05) is 0 Å². The van der Waals surface area contributed by atoms with Crippen LogP contribution < -0.4 is 5.43 Å². The zero-order valence-corrected chi connectivity index (χ0v) is 13.0. The molecule has 0 spiro atoms. The molecular formula is C18H13N5O. The molecule has 0 N–H and O–H groups in total. The third-order valence-corrected chi connectivity index (χ3v) is 4.45. The lowest BCUT2D eigenvalue weighted by Gasteiger charge is -2.11. The van der Waals surface area contributed by atoms with Crippen molar-refractivity contribution < 1.29 is 0 Å². The number of benzene rings is 2. The van der Waals surface area contributed by atoms with E-state index in [4.69, 9.17) is 0 Å². The zero-order chi connectivity index (χ0) is 16.3. The molecule has 0 bridgehead atoms. The molecule has 24 heavy (non-hydrogen) atoms. The third-order valence-electron chi connectivity index (χ3n) is 4.45. The molecule has 0 atom stereocenters. The van der Waals surface area contributed by atoms with E-state index in [1.807, 2.05) is 60.0 Å². The van der Waals surface area contributed by atoms with Crippen molar-refractivity contribution in [1.82, 2.24) is 24.4 Å². The molecule has 0 fully saturated rings. The van der Waals surface area contributed by atoms with Gasteiger partial charge in [-0.3, -0.25) is 4.79 Å². The SMILES string of the molecule is CCn1c2ccccc2c(=O)c2c1nnn1c3ccccc3nc21. The van der Waals surface area contributed by atoms with Gasteiger partial charge in [-0.2, -0.15) is 4.52 Å². The number of aryl methyl sites for hydroxylation is 1. The number of rotatable bonds is 1. The molecule has 0 saturated carbocycles. The van der Waals surface area contributed by atoms with E-state index in [1.165, 1.54) is 0 Å². The van der Waals surface area contributed by atoms with Crippen LogP contribution in [0, 0.1) is 0 Å². The quantitative estimate of drug-likeness (QED) is 0.446. The number of hydrogen-bond acceptors (Lipinski definition) is 4. The number of imidazole rings is 1. The lowest BCUT2D eigenvalue weighted by atomic mass is 10.1. The van der Waals surface area contributed by atoms with Gasteiger partial charge in [0.25, 0.3) is 0 Å². The van der Waals surface area contributed by atoms with Gasteiger partial charge in [-0.25, -0.2) is 4.98 Å². The summed E-state index contributed by atoms with van der Waals surface area (Å²) in [5.74, 6) is 0. The summed E-state index contributed by atoms with van der Waals surface area (Å²) in [6, 6.07) is 15.3. The molecule has 3 aromatic heterocycles. The number of hydrogen-bond donors (Lipinski definition) is 0. The first-order valence-corrected chi connectivity index (χ1v) is 7.85. The maximum atomic E-state index is 13.1. The molecule has 6 heteroatoms. The smallest absolute Gasteiger partial charge is 0.202 e. The van der Waals surface area contributed by atoms with Gasteiger partial charge in [-0.05, 0) is 31.2 Å². The molecule has 0 radical (unpaired) electrons. The predicted molar refractivity (Wildman–Crippen MR) is 93.2 cm³/mol. The van der Waals surface area contributed by atoms with Gasteiger partial charge >= 0.3 is 0 Å². The molecule has 0 saturated heterocycles. The highest BCUT2D eigenvalue weighted by molar-refractivity contribution is 6.00. The van der Waals surface area contributed by atoms with Crippen molar-refractivity contribution in [1.29, 1.82) is 0 Å². The highest BCUT2D eigenvalue weighted by Crippen LogP contribution is 2.22. The number of aromatic nitrogens is 5. The van der Waals surface area contributed by atoms with Crippen LogP contribution >= 0.6 is 0 Å². The lowest BCUT2D eigenvalue weighted by molar-refractivity contribution is 0.770. The number of pyridine rings is 1. The van der Waals surface area contributed by atoms with E-state index in [9.17, 15) is 4.79 Å². The van der Waals surface area contributed by atoms with Crippen molar-refractivity contribution in [3.05, 3.63) is 58.8 Å². The van der Waals surface area contributed by atoms with E-state index in [0.29, 0.717) is 28.6 Å². The Morgan fingerprint density at radius 3 is 2.54 bits per heavy atom. The fraction of sp³-hybridized carbons (Fsp3) is 0.111. The summed E-state index contributed by atoms with van der Waals surface area (Å²) in [6.45, 7) is 2.73. The lowest BCUT2D eigenvalue weighted by Crippen LogP contribution is -2.15. The Labute approximate surface area is 136 Å². The van der Waals surface area contributed by atoms with Crippen LogP contribution in [0.25, 0.3) is 38.6 Å². The summed E-state index contributed by atoms with van der Waals surface area (Å²) in [7, 11) is 0. The average molecular weight is 315 g/mol. The molecule has 0 aliphatic heterocycles. The van der Waals surface area contributed by atoms with E-state index in [0.717, 1.165) is 16.6 Å². The van der Waals surface area contributed by atoms with Gasteiger partial charge in [-0.1, -0.05) is 29.5 Å². The van der Waals surface area contributed by atoms with E-state index in [-0.39, 0.29) is 5.43 Å². The van der Waals surface area contributed by atoms with Crippen molar-refractivity contribution in [3.8, 4) is 0 Å². The molecule has 6 nitrogen and oxygen atoms in total. The Morgan fingerprint density at radius 1 is 0.958 bits per heavy atom. The number of fused-ring (bicyclic) bond motifs is 6. The average Bonchev–Trinajstić information content (AvgIpc) is 3.00. The molecular weight excluding hydrogens is 302 g/mol. The van der Waals surface area contributed by atoms with Crippen LogP contribution in [-0.4, -0.2) is 24.4 Å². The van der Waals surface area contributed by atoms with Crippen molar-refractivity contribution in [2.24, 2.45) is 0 Å². The van der Waals surface area contributed by atoms with Gasteiger partial charge < -0.3 is 4.57 Å². The minimum Gasteiger partial charge on any atom is -0.324 e. The summed E-state index contributed by atoms with van der Waals surface area (Å²) in [4.78, 5) is 17.7. The summed E-state index contributed by atoms with van der Waals surface area (Å²) in [6.07, 6.45) is 0. The van der Waals surface area contributed by atoms with Crippen LogP contribution in [0.2, 0.25) is 0 Å². The Kier molecular flexibility index (Phi) is 2.53. The molecule has 0 amide bonds. The Balaban J connectivity index is 2.14.